The number of hydrogen-bond donors (Lipinski definition) is 2. The second-order valence-electron chi connectivity index (χ2n) is 5.16. The fourth-order valence-corrected chi connectivity index (χ4v) is 2.41. The summed E-state index contributed by atoms with van der Waals surface area (Å²) >= 11 is 18.0. The van der Waals surface area contributed by atoms with E-state index in [1.807, 2.05) is 61.5 Å². The van der Waals surface area contributed by atoms with E-state index in [0.717, 1.165) is 16.8 Å². The summed E-state index contributed by atoms with van der Waals surface area (Å²) in [6, 6.07) is 17.0. The van der Waals surface area contributed by atoms with Gasteiger partial charge in [-0.15, -0.1) is 0 Å². The van der Waals surface area contributed by atoms with Crippen molar-refractivity contribution in [1.82, 2.24) is 5.32 Å². The molecule has 2 N–H and O–H groups in total. The molecule has 0 aliphatic heterocycles. The molecule has 0 spiro atoms. The van der Waals surface area contributed by atoms with Crippen LogP contribution in [-0.2, 0) is 11.2 Å². The van der Waals surface area contributed by atoms with E-state index in [2.05, 4.69) is 10.6 Å². The summed E-state index contributed by atoms with van der Waals surface area (Å²) in [6.45, 7) is 1.93. The van der Waals surface area contributed by atoms with Crippen molar-refractivity contribution >= 4 is 46.4 Å². The van der Waals surface area contributed by atoms with Crippen molar-refractivity contribution in [2.45, 2.75) is 23.3 Å². The van der Waals surface area contributed by atoms with E-state index in [-0.39, 0.29) is 12.3 Å². The SMILES string of the molecule is Cc1ccccc1NC(NC(=O)Cc1ccccc1)C(Cl)(Cl)Cl. The predicted octanol–water partition coefficient (Wildman–Crippen LogP) is 4.46. The summed E-state index contributed by atoms with van der Waals surface area (Å²) < 4.78 is -1.69. The molecule has 0 aliphatic rings. The van der Waals surface area contributed by atoms with Crippen molar-refractivity contribution in [3.8, 4) is 0 Å². The Balaban J connectivity index is 2.07. The standard InChI is InChI=1S/C17H17Cl3N2O/c1-12-7-5-6-10-14(12)21-16(17(18,19)20)22-15(23)11-13-8-3-2-4-9-13/h2-10,16,21H,11H2,1H3,(H,22,23). The highest BCUT2D eigenvalue weighted by atomic mass is 35.6. The minimum atomic E-state index is -1.69. The van der Waals surface area contributed by atoms with Gasteiger partial charge in [0.05, 0.1) is 6.42 Å². The van der Waals surface area contributed by atoms with Crippen molar-refractivity contribution in [3.63, 3.8) is 0 Å². The molecule has 2 rings (SSSR count). The van der Waals surface area contributed by atoms with E-state index in [0.29, 0.717) is 0 Å². The van der Waals surface area contributed by atoms with E-state index >= 15 is 0 Å². The first kappa shape index (κ1) is 17.9. The quantitative estimate of drug-likeness (QED) is 0.602. The molecule has 2 aromatic carbocycles. The lowest BCUT2D eigenvalue weighted by Gasteiger charge is -2.28. The number of aryl methyl sites for hydroxylation is 1. The fourth-order valence-electron chi connectivity index (χ4n) is 2.08. The predicted molar refractivity (Wildman–Crippen MR) is 97.2 cm³/mol. The van der Waals surface area contributed by atoms with E-state index in [1.165, 1.54) is 0 Å². The molecule has 23 heavy (non-hydrogen) atoms. The van der Waals surface area contributed by atoms with Crippen LogP contribution in [0.2, 0.25) is 0 Å². The summed E-state index contributed by atoms with van der Waals surface area (Å²) in [4.78, 5) is 12.2. The van der Waals surface area contributed by atoms with Crippen LogP contribution in [0.1, 0.15) is 11.1 Å². The zero-order valence-corrected chi connectivity index (χ0v) is 14.8. The molecule has 1 atom stereocenters. The monoisotopic (exact) mass is 370 g/mol. The Labute approximate surface area is 150 Å². The Bertz CT molecular complexity index is 656. The number of hydrogen-bond acceptors (Lipinski definition) is 2. The Kier molecular flexibility index (Phi) is 6.17. The van der Waals surface area contributed by atoms with Gasteiger partial charge in [-0.2, -0.15) is 0 Å². The third-order valence-corrected chi connectivity index (χ3v) is 3.94. The van der Waals surface area contributed by atoms with Crippen LogP contribution in [0, 0.1) is 6.92 Å². The van der Waals surface area contributed by atoms with Crippen LogP contribution in [0.4, 0.5) is 5.69 Å². The Morgan fingerprint density at radius 3 is 2.26 bits per heavy atom. The van der Waals surface area contributed by atoms with Gasteiger partial charge in [-0.3, -0.25) is 4.79 Å². The van der Waals surface area contributed by atoms with Crippen molar-refractivity contribution in [2.24, 2.45) is 0 Å². The molecule has 0 radical (unpaired) electrons. The highest BCUT2D eigenvalue weighted by Crippen LogP contribution is 2.31. The number of benzene rings is 2. The molecule has 1 amide bonds. The smallest absolute Gasteiger partial charge is 0.228 e. The molecule has 122 valence electrons. The molecule has 0 saturated carbocycles. The lowest BCUT2D eigenvalue weighted by molar-refractivity contribution is -0.120. The highest BCUT2D eigenvalue weighted by Gasteiger charge is 2.34. The van der Waals surface area contributed by atoms with E-state index < -0.39 is 9.96 Å². The molecular formula is C17H17Cl3N2O. The average Bonchev–Trinajstić information content (AvgIpc) is 2.48. The number of halogens is 3. The van der Waals surface area contributed by atoms with Gasteiger partial charge in [0.1, 0.15) is 6.17 Å². The van der Waals surface area contributed by atoms with Gasteiger partial charge < -0.3 is 10.6 Å². The molecule has 2 aromatic rings. The first-order chi connectivity index (χ1) is 10.9. The van der Waals surface area contributed by atoms with Gasteiger partial charge in [-0.25, -0.2) is 0 Å². The number of alkyl halides is 3. The van der Waals surface area contributed by atoms with Crippen LogP contribution in [0.15, 0.2) is 54.6 Å². The van der Waals surface area contributed by atoms with Gasteiger partial charge in [0.25, 0.3) is 0 Å². The molecule has 6 heteroatoms. The summed E-state index contributed by atoms with van der Waals surface area (Å²) in [5.74, 6) is -0.228. The van der Waals surface area contributed by atoms with Gasteiger partial charge in [0.15, 0.2) is 0 Å². The maximum Gasteiger partial charge on any atom is 0.228 e. The molecule has 0 aromatic heterocycles. The van der Waals surface area contributed by atoms with Crippen LogP contribution in [-0.4, -0.2) is 15.9 Å². The molecule has 3 nitrogen and oxygen atoms in total. The van der Waals surface area contributed by atoms with Crippen LogP contribution in [0.25, 0.3) is 0 Å². The largest absolute Gasteiger partial charge is 0.362 e. The number of carbonyl (C=O) groups is 1. The van der Waals surface area contributed by atoms with E-state index in [4.69, 9.17) is 34.8 Å². The molecule has 0 saturated heterocycles. The van der Waals surface area contributed by atoms with Gasteiger partial charge in [0, 0.05) is 5.69 Å². The number of amides is 1. The summed E-state index contributed by atoms with van der Waals surface area (Å²) in [5.41, 5.74) is 2.68. The van der Waals surface area contributed by atoms with E-state index in [9.17, 15) is 4.79 Å². The Hall–Kier alpha value is -1.42. The molecule has 0 aliphatic carbocycles. The first-order valence-corrected chi connectivity index (χ1v) is 8.22. The van der Waals surface area contributed by atoms with Crippen molar-refractivity contribution in [3.05, 3.63) is 65.7 Å². The van der Waals surface area contributed by atoms with Crippen molar-refractivity contribution < 1.29 is 4.79 Å². The van der Waals surface area contributed by atoms with Crippen molar-refractivity contribution in [1.29, 1.82) is 0 Å². The maximum absolute atomic E-state index is 12.2. The van der Waals surface area contributed by atoms with Gasteiger partial charge in [-0.1, -0.05) is 83.3 Å². The minimum absolute atomic E-state index is 0.216. The second kappa shape index (κ2) is 7.91. The molecular weight excluding hydrogens is 355 g/mol. The van der Waals surface area contributed by atoms with Crippen LogP contribution in [0.3, 0.4) is 0 Å². The zero-order chi connectivity index (χ0) is 16.9. The molecule has 0 fully saturated rings. The highest BCUT2D eigenvalue weighted by molar-refractivity contribution is 6.68. The van der Waals surface area contributed by atoms with Gasteiger partial charge >= 0.3 is 0 Å². The fraction of sp³-hybridized carbons (Fsp3) is 0.235. The van der Waals surface area contributed by atoms with Crippen LogP contribution >= 0.6 is 34.8 Å². The Morgan fingerprint density at radius 1 is 1.04 bits per heavy atom. The molecule has 0 bridgehead atoms. The summed E-state index contributed by atoms with van der Waals surface area (Å²) in [7, 11) is 0. The normalized spacial score (nSPS) is 12.5. The lowest BCUT2D eigenvalue weighted by atomic mass is 10.1. The van der Waals surface area contributed by atoms with Gasteiger partial charge in [-0.05, 0) is 24.1 Å². The number of para-hydroxylation sites is 1. The Morgan fingerprint density at radius 2 is 1.65 bits per heavy atom. The van der Waals surface area contributed by atoms with Crippen molar-refractivity contribution in [2.75, 3.05) is 5.32 Å². The molecule has 1 unspecified atom stereocenters. The number of carbonyl (C=O) groups excluding carboxylic acids is 1. The first-order valence-electron chi connectivity index (χ1n) is 7.08. The second-order valence-corrected chi connectivity index (χ2v) is 7.53. The van der Waals surface area contributed by atoms with Crippen LogP contribution < -0.4 is 10.6 Å². The lowest BCUT2D eigenvalue weighted by Crippen LogP contribution is -2.49. The maximum atomic E-state index is 12.2. The zero-order valence-electron chi connectivity index (χ0n) is 12.5. The average molecular weight is 372 g/mol. The van der Waals surface area contributed by atoms with E-state index in [1.54, 1.807) is 0 Å². The number of nitrogens with one attached hydrogen (secondary N) is 2. The molecule has 0 heterocycles. The topological polar surface area (TPSA) is 41.1 Å². The summed E-state index contributed by atoms with van der Waals surface area (Å²) in [6.07, 6.45) is -0.627. The third-order valence-electron chi connectivity index (χ3n) is 3.29. The summed E-state index contributed by atoms with van der Waals surface area (Å²) in [5, 5.41) is 5.81. The minimum Gasteiger partial charge on any atom is -0.362 e. The number of rotatable bonds is 5. The van der Waals surface area contributed by atoms with Gasteiger partial charge in [0.2, 0.25) is 9.70 Å². The number of anilines is 1. The third kappa shape index (κ3) is 5.61. The van der Waals surface area contributed by atoms with Crippen LogP contribution in [0.5, 0.6) is 0 Å².